The number of unbranched alkanes of at least 4 members (excludes halogenated alkanes) is 3. The van der Waals surface area contributed by atoms with Gasteiger partial charge in [0, 0.05) is 11.9 Å². The molecular formula is C12H20N2OS. The molecule has 1 rings (SSSR count). The Morgan fingerprint density at radius 3 is 2.81 bits per heavy atom. The van der Waals surface area contributed by atoms with Crippen molar-refractivity contribution in [1.82, 2.24) is 5.32 Å². The predicted molar refractivity (Wildman–Crippen MR) is 70.0 cm³/mol. The number of thiophene rings is 1. The van der Waals surface area contributed by atoms with Gasteiger partial charge < -0.3 is 11.1 Å². The number of anilines is 1. The molecule has 0 aliphatic carbocycles. The van der Waals surface area contributed by atoms with E-state index in [1.165, 1.54) is 41.9 Å². The molecule has 0 aromatic carbocycles. The van der Waals surface area contributed by atoms with E-state index in [1.54, 1.807) is 7.05 Å². The van der Waals surface area contributed by atoms with E-state index >= 15 is 0 Å². The summed E-state index contributed by atoms with van der Waals surface area (Å²) < 4.78 is 0. The minimum Gasteiger partial charge on any atom is -0.390 e. The Morgan fingerprint density at radius 1 is 1.44 bits per heavy atom. The third-order valence-electron chi connectivity index (χ3n) is 2.56. The molecule has 0 saturated carbocycles. The summed E-state index contributed by atoms with van der Waals surface area (Å²) in [5.74, 6) is -0.0893. The fourth-order valence-corrected chi connectivity index (χ4v) is 2.59. The summed E-state index contributed by atoms with van der Waals surface area (Å²) in [6, 6.07) is 1.92. The lowest BCUT2D eigenvalue weighted by atomic mass is 10.1. The highest BCUT2D eigenvalue weighted by Gasteiger charge is 2.12. The summed E-state index contributed by atoms with van der Waals surface area (Å²) in [7, 11) is 1.63. The van der Waals surface area contributed by atoms with Gasteiger partial charge in [-0.05, 0) is 18.9 Å². The van der Waals surface area contributed by atoms with Crippen LogP contribution in [0.2, 0.25) is 0 Å². The number of rotatable bonds is 6. The van der Waals surface area contributed by atoms with Crippen LogP contribution in [-0.2, 0) is 6.42 Å². The van der Waals surface area contributed by atoms with Gasteiger partial charge >= 0.3 is 0 Å². The van der Waals surface area contributed by atoms with Crippen LogP contribution in [-0.4, -0.2) is 13.0 Å². The van der Waals surface area contributed by atoms with Crippen LogP contribution in [0.25, 0.3) is 0 Å². The van der Waals surface area contributed by atoms with Gasteiger partial charge in [-0.3, -0.25) is 4.79 Å². The fourth-order valence-electron chi connectivity index (χ4n) is 1.62. The standard InChI is InChI=1S/C12H20N2OS/c1-3-4-5-6-7-9-8-10(11(13)16-9)12(15)14-2/h8H,3-7,13H2,1-2H3,(H,14,15). The van der Waals surface area contributed by atoms with E-state index in [4.69, 9.17) is 5.73 Å². The zero-order chi connectivity index (χ0) is 12.0. The minimum atomic E-state index is -0.0893. The molecule has 0 fully saturated rings. The Morgan fingerprint density at radius 2 is 2.19 bits per heavy atom. The summed E-state index contributed by atoms with van der Waals surface area (Å²) in [6.45, 7) is 2.20. The quantitative estimate of drug-likeness (QED) is 0.751. The van der Waals surface area contributed by atoms with Crippen molar-refractivity contribution in [3.8, 4) is 0 Å². The molecule has 0 unspecified atom stereocenters. The van der Waals surface area contributed by atoms with E-state index in [9.17, 15) is 4.79 Å². The second-order valence-corrected chi connectivity index (χ2v) is 5.05. The van der Waals surface area contributed by atoms with Crippen molar-refractivity contribution in [2.75, 3.05) is 12.8 Å². The SMILES string of the molecule is CCCCCCc1cc(C(=O)NC)c(N)s1. The van der Waals surface area contributed by atoms with Gasteiger partial charge in [0.2, 0.25) is 0 Å². The fraction of sp³-hybridized carbons (Fsp3) is 0.583. The number of aryl methyl sites for hydroxylation is 1. The van der Waals surface area contributed by atoms with Crippen molar-refractivity contribution in [1.29, 1.82) is 0 Å². The van der Waals surface area contributed by atoms with Gasteiger partial charge in [0.1, 0.15) is 0 Å². The Hall–Kier alpha value is -1.03. The van der Waals surface area contributed by atoms with Crippen LogP contribution in [0.5, 0.6) is 0 Å². The number of hydrogen-bond donors (Lipinski definition) is 2. The molecule has 1 aromatic heterocycles. The molecule has 0 atom stereocenters. The Labute approximate surface area is 101 Å². The number of carbonyl (C=O) groups is 1. The van der Waals surface area contributed by atoms with Crippen LogP contribution in [0.1, 0.15) is 47.8 Å². The molecule has 0 bridgehead atoms. The van der Waals surface area contributed by atoms with Gasteiger partial charge in [0.15, 0.2) is 0 Å². The molecule has 0 aliphatic heterocycles. The van der Waals surface area contributed by atoms with E-state index in [0.717, 1.165) is 6.42 Å². The van der Waals surface area contributed by atoms with Crippen LogP contribution in [0.15, 0.2) is 6.07 Å². The van der Waals surface area contributed by atoms with Crippen LogP contribution in [0.4, 0.5) is 5.00 Å². The Bertz CT molecular complexity index is 347. The summed E-state index contributed by atoms with van der Waals surface area (Å²) >= 11 is 1.53. The molecule has 3 N–H and O–H groups in total. The number of hydrogen-bond acceptors (Lipinski definition) is 3. The average molecular weight is 240 g/mol. The van der Waals surface area contributed by atoms with E-state index < -0.39 is 0 Å². The first kappa shape index (κ1) is 13.0. The van der Waals surface area contributed by atoms with Gasteiger partial charge in [-0.2, -0.15) is 0 Å². The summed E-state index contributed by atoms with van der Waals surface area (Å²) in [5.41, 5.74) is 6.43. The number of carbonyl (C=O) groups excluding carboxylic acids is 1. The van der Waals surface area contributed by atoms with Crippen molar-refractivity contribution in [2.45, 2.75) is 39.0 Å². The second-order valence-electron chi connectivity index (χ2n) is 3.88. The highest BCUT2D eigenvalue weighted by Crippen LogP contribution is 2.26. The Balaban J connectivity index is 2.52. The van der Waals surface area contributed by atoms with E-state index in [-0.39, 0.29) is 5.91 Å². The number of nitrogens with two attached hydrogens (primary N) is 1. The maximum atomic E-state index is 11.4. The largest absolute Gasteiger partial charge is 0.390 e. The first-order valence-corrected chi connectivity index (χ1v) is 6.61. The second kappa shape index (κ2) is 6.53. The van der Waals surface area contributed by atoms with Crippen molar-refractivity contribution < 1.29 is 4.79 Å². The molecule has 4 heteroatoms. The molecule has 16 heavy (non-hydrogen) atoms. The van der Waals surface area contributed by atoms with Crippen molar-refractivity contribution in [2.24, 2.45) is 0 Å². The molecule has 1 amide bonds. The van der Waals surface area contributed by atoms with Crippen LogP contribution < -0.4 is 11.1 Å². The third-order valence-corrected chi connectivity index (χ3v) is 3.58. The highest BCUT2D eigenvalue weighted by molar-refractivity contribution is 7.16. The minimum absolute atomic E-state index is 0.0893. The molecule has 1 heterocycles. The highest BCUT2D eigenvalue weighted by atomic mass is 32.1. The van der Waals surface area contributed by atoms with Gasteiger partial charge in [-0.15, -0.1) is 11.3 Å². The molecule has 90 valence electrons. The number of amides is 1. The smallest absolute Gasteiger partial charge is 0.254 e. The summed E-state index contributed by atoms with van der Waals surface area (Å²) in [5, 5.41) is 3.23. The third kappa shape index (κ3) is 3.52. The van der Waals surface area contributed by atoms with E-state index in [1.807, 2.05) is 6.07 Å². The Kier molecular flexibility index (Phi) is 5.32. The van der Waals surface area contributed by atoms with Crippen molar-refractivity contribution in [3.63, 3.8) is 0 Å². The van der Waals surface area contributed by atoms with Gasteiger partial charge in [0.25, 0.3) is 5.91 Å². The lowest BCUT2D eigenvalue weighted by Crippen LogP contribution is -2.18. The number of nitrogens with one attached hydrogen (secondary N) is 1. The lowest BCUT2D eigenvalue weighted by Gasteiger charge is -1.96. The maximum absolute atomic E-state index is 11.4. The average Bonchev–Trinajstić information content (AvgIpc) is 2.65. The van der Waals surface area contributed by atoms with Crippen LogP contribution >= 0.6 is 11.3 Å². The van der Waals surface area contributed by atoms with Crippen LogP contribution in [0, 0.1) is 0 Å². The molecule has 3 nitrogen and oxygen atoms in total. The monoisotopic (exact) mass is 240 g/mol. The van der Waals surface area contributed by atoms with E-state index in [0.29, 0.717) is 10.6 Å². The topological polar surface area (TPSA) is 55.1 Å². The molecule has 0 saturated heterocycles. The first-order chi connectivity index (χ1) is 7.69. The maximum Gasteiger partial charge on any atom is 0.254 e. The van der Waals surface area contributed by atoms with Crippen molar-refractivity contribution >= 4 is 22.2 Å². The predicted octanol–water partition coefficient (Wildman–Crippen LogP) is 2.81. The molecule has 1 aromatic rings. The molecular weight excluding hydrogens is 220 g/mol. The molecule has 0 spiro atoms. The number of nitrogen functional groups attached to an aromatic ring is 1. The van der Waals surface area contributed by atoms with Crippen LogP contribution in [0.3, 0.4) is 0 Å². The first-order valence-electron chi connectivity index (χ1n) is 5.79. The van der Waals surface area contributed by atoms with Gasteiger partial charge in [0.05, 0.1) is 10.6 Å². The van der Waals surface area contributed by atoms with Gasteiger partial charge in [-0.25, -0.2) is 0 Å². The summed E-state index contributed by atoms with van der Waals surface area (Å²) in [6.07, 6.45) is 6.00. The van der Waals surface area contributed by atoms with Gasteiger partial charge in [-0.1, -0.05) is 26.2 Å². The zero-order valence-corrected chi connectivity index (χ0v) is 10.8. The normalized spacial score (nSPS) is 10.4. The zero-order valence-electron chi connectivity index (χ0n) is 10.0. The van der Waals surface area contributed by atoms with Crippen molar-refractivity contribution in [3.05, 3.63) is 16.5 Å². The van der Waals surface area contributed by atoms with E-state index in [2.05, 4.69) is 12.2 Å². The lowest BCUT2D eigenvalue weighted by molar-refractivity contribution is 0.0964. The molecule has 0 aliphatic rings. The summed E-state index contributed by atoms with van der Waals surface area (Å²) in [4.78, 5) is 12.7. The molecule has 0 radical (unpaired) electrons.